The highest BCUT2D eigenvalue weighted by molar-refractivity contribution is 5.36. The highest BCUT2D eigenvalue weighted by Crippen LogP contribution is 2.26. The number of ether oxygens (including phenoxy) is 1. The number of rotatable bonds is 6. The molecule has 3 heteroatoms. The van der Waals surface area contributed by atoms with Gasteiger partial charge in [0.25, 0.3) is 0 Å². The summed E-state index contributed by atoms with van der Waals surface area (Å²) in [6.07, 6.45) is 6.78. The molecule has 0 aromatic heterocycles. The zero-order valence-electron chi connectivity index (χ0n) is 13.4. The predicted octanol–water partition coefficient (Wildman–Crippen LogP) is 3.11. The van der Waals surface area contributed by atoms with Crippen LogP contribution in [-0.4, -0.2) is 37.2 Å². The summed E-state index contributed by atoms with van der Waals surface area (Å²) in [5.74, 6) is 1.03. The predicted molar refractivity (Wildman–Crippen MR) is 86.8 cm³/mol. The fourth-order valence-electron chi connectivity index (χ4n) is 3.34. The van der Waals surface area contributed by atoms with Crippen molar-refractivity contribution < 1.29 is 4.74 Å². The van der Waals surface area contributed by atoms with Gasteiger partial charge in [-0.25, -0.2) is 0 Å². The largest absolute Gasteiger partial charge is 0.496 e. The molecule has 1 saturated carbocycles. The molecule has 1 aliphatic carbocycles. The van der Waals surface area contributed by atoms with Crippen LogP contribution in [0.3, 0.4) is 0 Å². The Labute approximate surface area is 128 Å². The van der Waals surface area contributed by atoms with Crippen LogP contribution in [0.25, 0.3) is 0 Å². The van der Waals surface area contributed by atoms with E-state index in [0.717, 1.165) is 24.9 Å². The maximum absolute atomic E-state index is 5.54. The van der Waals surface area contributed by atoms with Gasteiger partial charge in [0.1, 0.15) is 5.75 Å². The first kappa shape index (κ1) is 14.9. The third-order valence-electron chi connectivity index (χ3n) is 4.78. The summed E-state index contributed by atoms with van der Waals surface area (Å²) in [5.41, 5.74) is 2.64. The van der Waals surface area contributed by atoms with Crippen molar-refractivity contribution in [1.29, 1.82) is 0 Å². The number of piperidine rings is 1. The smallest absolute Gasteiger partial charge is 0.123 e. The number of nitrogens with zero attached hydrogens (tertiary/aromatic N) is 1. The van der Waals surface area contributed by atoms with E-state index in [1.807, 2.05) is 0 Å². The summed E-state index contributed by atoms with van der Waals surface area (Å²) < 4.78 is 5.54. The van der Waals surface area contributed by atoms with E-state index >= 15 is 0 Å². The van der Waals surface area contributed by atoms with Crippen molar-refractivity contribution in [3.8, 4) is 5.75 Å². The third kappa shape index (κ3) is 3.98. The van der Waals surface area contributed by atoms with Crippen molar-refractivity contribution in [3.63, 3.8) is 0 Å². The molecule has 3 rings (SSSR count). The van der Waals surface area contributed by atoms with E-state index < -0.39 is 0 Å². The van der Waals surface area contributed by atoms with E-state index in [0.29, 0.717) is 6.04 Å². The molecule has 2 aliphatic rings. The van der Waals surface area contributed by atoms with Crippen LogP contribution in [0.4, 0.5) is 0 Å². The molecule has 21 heavy (non-hydrogen) atoms. The molecule has 0 amide bonds. The van der Waals surface area contributed by atoms with E-state index in [9.17, 15) is 0 Å². The molecule has 1 N–H and O–H groups in total. The van der Waals surface area contributed by atoms with Crippen LogP contribution in [0.15, 0.2) is 18.2 Å². The van der Waals surface area contributed by atoms with E-state index in [2.05, 4.69) is 35.3 Å². The molecule has 1 saturated heterocycles. The SMILES string of the molecule is COc1ccc(C)cc1CN1CCCCC1CNC1CC1. The Morgan fingerprint density at radius 3 is 2.86 bits per heavy atom. The molecule has 0 spiro atoms. The number of aryl methyl sites for hydroxylation is 1. The highest BCUT2D eigenvalue weighted by atomic mass is 16.5. The van der Waals surface area contributed by atoms with Gasteiger partial charge < -0.3 is 10.1 Å². The monoisotopic (exact) mass is 288 g/mol. The van der Waals surface area contributed by atoms with Crippen molar-refractivity contribution >= 4 is 0 Å². The van der Waals surface area contributed by atoms with E-state index in [1.54, 1.807) is 7.11 Å². The molecule has 0 radical (unpaired) electrons. The number of benzene rings is 1. The van der Waals surface area contributed by atoms with Crippen LogP contribution in [0.2, 0.25) is 0 Å². The lowest BCUT2D eigenvalue weighted by Gasteiger charge is -2.36. The van der Waals surface area contributed by atoms with Crippen LogP contribution >= 0.6 is 0 Å². The molecule has 1 heterocycles. The van der Waals surface area contributed by atoms with Crippen LogP contribution in [-0.2, 0) is 6.54 Å². The summed E-state index contributed by atoms with van der Waals surface area (Å²) in [6.45, 7) is 5.54. The topological polar surface area (TPSA) is 24.5 Å². The second-order valence-corrected chi connectivity index (χ2v) is 6.62. The fraction of sp³-hybridized carbons (Fsp3) is 0.667. The number of hydrogen-bond acceptors (Lipinski definition) is 3. The number of methoxy groups -OCH3 is 1. The van der Waals surface area contributed by atoms with Gasteiger partial charge >= 0.3 is 0 Å². The summed E-state index contributed by atoms with van der Waals surface area (Å²) in [6, 6.07) is 8.00. The van der Waals surface area contributed by atoms with Gasteiger partial charge in [0.2, 0.25) is 0 Å². The average molecular weight is 288 g/mol. The van der Waals surface area contributed by atoms with E-state index in [4.69, 9.17) is 4.74 Å². The van der Waals surface area contributed by atoms with Gasteiger partial charge in [-0.1, -0.05) is 24.1 Å². The first-order valence-corrected chi connectivity index (χ1v) is 8.37. The first-order valence-electron chi connectivity index (χ1n) is 8.37. The zero-order valence-corrected chi connectivity index (χ0v) is 13.4. The Morgan fingerprint density at radius 2 is 2.10 bits per heavy atom. The minimum absolute atomic E-state index is 0.685. The third-order valence-corrected chi connectivity index (χ3v) is 4.78. The maximum Gasteiger partial charge on any atom is 0.123 e. The minimum atomic E-state index is 0.685. The Bertz CT molecular complexity index is 470. The molecule has 3 nitrogen and oxygen atoms in total. The average Bonchev–Trinajstić information content (AvgIpc) is 3.31. The van der Waals surface area contributed by atoms with E-state index in [-0.39, 0.29) is 0 Å². The van der Waals surface area contributed by atoms with Crippen LogP contribution in [0, 0.1) is 6.92 Å². The number of hydrogen-bond donors (Lipinski definition) is 1. The van der Waals surface area contributed by atoms with Crippen molar-refractivity contribution in [1.82, 2.24) is 10.2 Å². The number of nitrogens with one attached hydrogen (secondary N) is 1. The molecular formula is C18H28N2O. The van der Waals surface area contributed by atoms with Crippen molar-refractivity contribution in [2.45, 2.75) is 57.7 Å². The zero-order chi connectivity index (χ0) is 14.7. The van der Waals surface area contributed by atoms with Crippen molar-refractivity contribution in [3.05, 3.63) is 29.3 Å². The standard InChI is InChI=1S/C18H28N2O/c1-14-6-9-18(21-2)15(11-14)13-20-10-4-3-5-17(20)12-19-16-7-8-16/h6,9,11,16-17,19H,3-5,7-8,10,12-13H2,1-2H3. The highest BCUT2D eigenvalue weighted by Gasteiger charge is 2.26. The number of likely N-dealkylation sites (tertiary alicyclic amines) is 1. The molecular weight excluding hydrogens is 260 g/mol. The van der Waals surface area contributed by atoms with Crippen molar-refractivity contribution in [2.24, 2.45) is 0 Å². The van der Waals surface area contributed by atoms with Gasteiger partial charge in [0.05, 0.1) is 7.11 Å². The molecule has 1 aromatic carbocycles. The Balaban J connectivity index is 1.66. The van der Waals surface area contributed by atoms with Gasteiger partial charge in [0.15, 0.2) is 0 Å². The van der Waals surface area contributed by atoms with Gasteiger partial charge in [-0.15, -0.1) is 0 Å². The molecule has 116 valence electrons. The molecule has 1 unspecified atom stereocenters. The normalized spacial score (nSPS) is 23.2. The van der Waals surface area contributed by atoms with Gasteiger partial charge in [-0.05, 0) is 45.2 Å². The second-order valence-electron chi connectivity index (χ2n) is 6.62. The van der Waals surface area contributed by atoms with Gasteiger partial charge in [-0.2, -0.15) is 0 Å². The second kappa shape index (κ2) is 6.80. The summed E-state index contributed by atoms with van der Waals surface area (Å²) in [5, 5.41) is 3.71. The summed E-state index contributed by atoms with van der Waals surface area (Å²) >= 11 is 0. The Hall–Kier alpha value is -1.06. The fourth-order valence-corrected chi connectivity index (χ4v) is 3.34. The van der Waals surface area contributed by atoms with E-state index in [1.165, 1.54) is 49.8 Å². The lowest BCUT2D eigenvalue weighted by atomic mass is 10.0. The van der Waals surface area contributed by atoms with Crippen molar-refractivity contribution in [2.75, 3.05) is 20.2 Å². The molecule has 1 atom stereocenters. The quantitative estimate of drug-likeness (QED) is 0.870. The minimum Gasteiger partial charge on any atom is -0.496 e. The lowest BCUT2D eigenvalue weighted by molar-refractivity contribution is 0.136. The summed E-state index contributed by atoms with van der Waals surface area (Å²) in [7, 11) is 1.77. The maximum atomic E-state index is 5.54. The molecule has 0 bridgehead atoms. The van der Waals surface area contributed by atoms with Gasteiger partial charge in [-0.3, -0.25) is 4.90 Å². The Morgan fingerprint density at radius 1 is 1.24 bits per heavy atom. The van der Waals surface area contributed by atoms with Crippen LogP contribution in [0.1, 0.15) is 43.2 Å². The van der Waals surface area contributed by atoms with Crippen LogP contribution < -0.4 is 10.1 Å². The first-order chi connectivity index (χ1) is 10.3. The molecule has 1 aliphatic heterocycles. The van der Waals surface area contributed by atoms with Gasteiger partial charge in [0, 0.05) is 30.7 Å². The Kier molecular flexibility index (Phi) is 4.81. The lowest BCUT2D eigenvalue weighted by Crippen LogP contribution is -2.45. The summed E-state index contributed by atoms with van der Waals surface area (Å²) in [4.78, 5) is 2.65. The molecule has 1 aromatic rings. The van der Waals surface area contributed by atoms with Crippen LogP contribution in [0.5, 0.6) is 5.75 Å². The molecule has 2 fully saturated rings.